The second-order valence-corrected chi connectivity index (χ2v) is 11.5. The number of benzene rings is 4. The molecule has 0 nitrogen and oxygen atoms in total. The molecule has 0 atom stereocenters. The number of rotatable bonds is 3. The largest absolute Gasteiger partial charge is 2.00 e. The Kier molecular flexibility index (Phi) is 39.0. The van der Waals surface area contributed by atoms with Crippen LogP contribution in [0.25, 0.3) is 0 Å². The molecular formula is C28H20Br2Mg2S8. The van der Waals surface area contributed by atoms with E-state index in [-0.39, 0.29) is 80.1 Å². The summed E-state index contributed by atoms with van der Waals surface area (Å²) in [6, 6.07) is 42.1. The van der Waals surface area contributed by atoms with Crippen molar-refractivity contribution < 1.29 is 34.0 Å². The zero-order valence-corrected chi connectivity index (χ0v) is 33.5. The van der Waals surface area contributed by atoms with Crippen LogP contribution in [-0.4, -0.2) is 63.0 Å². The molecule has 0 saturated heterocycles. The summed E-state index contributed by atoms with van der Waals surface area (Å²) in [6.45, 7) is 0. The summed E-state index contributed by atoms with van der Waals surface area (Å²) in [6.07, 6.45) is 0. The van der Waals surface area contributed by atoms with E-state index in [9.17, 15) is 0 Å². The molecule has 4 aromatic rings. The van der Waals surface area contributed by atoms with Gasteiger partial charge >= 0.3 is 46.1 Å². The van der Waals surface area contributed by atoms with Gasteiger partial charge in [-0.05, 0) is 62.7 Å². The van der Waals surface area contributed by atoms with Crippen LogP contribution in [0.5, 0.6) is 0 Å². The van der Waals surface area contributed by atoms with Gasteiger partial charge in [-0.2, -0.15) is 36.4 Å². The topological polar surface area (TPSA) is 0 Å². The Morgan fingerprint density at radius 1 is 0.550 bits per heavy atom. The maximum absolute atomic E-state index is 5.37. The van der Waals surface area contributed by atoms with E-state index in [0.717, 1.165) is 25.1 Å². The molecule has 198 valence electrons. The fraction of sp³-hybridized carbons (Fsp3) is 0. The van der Waals surface area contributed by atoms with Crippen molar-refractivity contribution in [1.29, 1.82) is 0 Å². The van der Waals surface area contributed by atoms with Gasteiger partial charge in [0.25, 0.3) is 0 Å². The first-order chi connectivity index (χ1) is 17.5. The monoisotopic (exact) mass is 818 g/mol. The van der Waals surface area contributed by atoms with Crippen LogP contribution in [0.2, 0.25) is 0 Å². The standard InChI is InChI=1S/C14H10S4.C7H6S2.C6H5.CS2.2BrH.2Mg/c15-13(11-7-3-1-4-8-11)17-18-14(16)12-9-5-2-6-10-12;8-7(9)6-4-2-1-3-5-6;1-2-4-6-5-3-1;2-1-3;;;;/h1-10H;1-5H,(H,8,9);1-5H;;2*1H;;/q;;-1;;;;2*+2/p-3. The summed E-state index contributed by atoms with van der Waals surface area (Å²) < 4.78 is 4.17. The normalized spacial score (nSPS) is 7.90. The van der Waals surface area contributed by atoms with Crippen LogP contribution < -0.4 is 34.0 Å². The number of halogens is 2. The van der Waals surface area contributed by atoms with Crippen LogP contribution in [0.3, 0.4) is 0 Å². The summed E-state index contributed by atoms with van der Waals surface area (Å²) in [4.78, 5) is 0. The number of hydrogen-bond donors (Lipinski definition) is 0. The Bertz CT molecular complexity index is 1130. The van der Waals surface area contributed by atoms with Crippen molar-refractivity contribution in [1.82, 2.24) is 0 Å². The molecule has 0 fully saturated rings. The van der Waals surface area contributed by atoms with E-state index >= 15 is 0 Å². The summed E-state index contributed by atoms with van der Waals surface area (Å²) >= 11 is 28.2. The summed E-state index contributed by atoms with van der Waals surface area (Å²) in [5.41, 5.74) is 3.10. The smallest absolute Gasteiger partial charge is 1.00 e. The van der Waals surface area contributed by atoms with Gasteiger partial charge in [0.15, 0.2) is 0 Å². The van der Waals surface area contributed by atoms with Crippen LogP contribution in [0.15, 0.2) is 121 Å². The van der Waals surface area contributed by atoms with Gasteiger partial charge in [0.05, 0.1) is 8.39 Å². The van der Waals surface area contributed by atoms with E-state index < -0.39 is 0 Å². The average Bonchev–Trinajstić information content (AvgIpc) is 2.95. The SMILES string of the molecule is S=C(SSC(=S)c1ccccc1)c1ccccc1.S=C([S-])c1ccccc1.S=C=S.[Br-].[Br-].[Mg+2].[Mg+2].[c-]1ccccc1. The van der Waals surface area contributed by atoms with Crippen LogP contribution in [0.1, 0.15) is 16.7 Å². The first-order valence-corrected chi connectivity index (χ1v) is 14.8. The van der Waals surface area contributed by atoms with Gasteiger partial charge in [0.1, 0.15) is 0 Å². The van der Waals surface area contributed by atoms with Gasteiger partial charge in [0.2, 0.25) is 0 Å². The zero-order chi connectivity index (χ0) is 26.4. The third-order valence-corrected chi connectivity index (χ3v) is 8.01. The molecule has 0 saturated carbocycles. The summed E-state index contributed by atoms with van der Waals surface area (Å²) in [5, 5.41) is 0. The molecule has 0 aliphatic heterocycles. The molecule has 0 bridgehead atoms. The minimum atomic E-state index is 0. The minimum Gasteiger partial charge on any atom is -1.00 e. The average molecular weight is 821 g/mol. The maximum Gasteiger partial charge on any atom is 2.00 e. The Balaban J connectivity index is -0.000000249. The van der Waals surface area contributed by atoms with Crippen molar-refractivity contribution >= 4 is 158 Å². The molecule has 0 aliphatic carbocycles. The number of thiocarbonyl (C=S) groups is 5. The molecule has 4 rings (SSSR count). The molecular weight excluding hydrogens is 801 g/mol. The Labute approximate surface area is 331 Å². The first-order valence-electron chi connectivity index (χ1n) is 10.2. The molecule has 4 aromatic carbocycles. The quantitative estimate of drug-likeness (QED) is 0.101. The van der Waals surface area contributed by atoms with Gasteiger partial charge < -0.3 is 58.8 Å². The van der Waals surface area contributed by atoms with Gasteiger partial charge in [-0.25, -0.2) is 0 Å². The van der Waals surface area contributed by atoms with E-state index in [1.807, 2.05) is 126 Å². The van der Waals surface area contributed by atoms with Crippen molar-refractivity contribution in [3.63, 3.8) is 0 Å². The summed E-state index contributed by atoms with van der Waals surface area (Å²) in [7, 11) is 3.08. The second-order valence-electron chi connectivity index (χ2n) is 6.29. The second kappa shape index (κ2) is 32.7. The third kappa shape index (κ3) is 24.2. The predicted molar refractivity (Wildman–Crippen MR) is 194 cm³/mol. The van der Waals surface area contributed by atoms with Gasteiger partial charge in [-0.15, -0.1) is 4.20 Å². The molecule has 0 spiro atoms. The van der Waals surface area contributed by atoms with E-state index in [0.29, 0.717) is 4.20 Å². The molecule has 0 radical (unpaired) electrons. The van der Waals surface area contributed by atoms with E-state index in [1.165, 1.54) is 21.6 Å². The van der Waals surface area contributed by atoms with E-state index in [2.05, 4.69) is 30.5 Å². The zero-order valence-electron chi connectivity index (χ0n) is 21.0. The molecule has 40 heavy (non-hydrogen) atoms. The Hall–Kier alpha value is 0.782. The number of hydrogen-bond acceptors (Lipinski definition) is 8. The minimum absolute atomic E-state index is 0. The van der Waals surface area contributed by atoms with Crippen molar-refractivity contribution in [2.24, 2.45) is 0 Å². The van der Waals surface area contributed by atoms with E-state index in [4.69, 9.17) is 49.3 Å². The van der Waals surface area contributed by atoms with Crippen LogP contribution in [0.4, 0.5) is 0 Å². The van der Waals surface area contributed by atoms with Crippen molar-refractivity contribution in [2.45, 2.75) is 0 Å². The fourth-order valence-corrected chi connectivity index (χ4v) is 5.04. The van der Waals surface area contributed by atoms with Crippen molar-refractivity contribution in [3.05, 3.63) is 144 Å². The molecule has 0 amide bonds. The van der Waals surface area contributed by atoms with Crippen LogP contribution >= 0.6 is 82.7 Å². The Morgan fingerprint density at radius 2 is 0.825 bits per heavy atom. The molecule has 0 N–H and O–H groups in total. The van der Waals surface area contributed by atoms with Gasteiger partial charge in [0, 0.05) is 4.31 Å². The van der Waals surface area contributed by atoms with Crippen LogP contribution in [0, 0.1) is 6.07 Å². The molecule has 0 heterocycles. The predicted octanol–water partition coefficient (Wildman–Crippen LogP) is 2.78. The third-order valence-electron chi connectivity index (χ3n) is 3.83. The van der Waals surface area contributed by atoms with Gasteiger partial charge in [-0.3, -0.25) is 0 Å². The molecule has 0 aliphatic rings. The summed E-state index contributed by atoms with van der Waals surface area (Å²) in [5.74, 6) is 0. The van der Waals surface area contributed by atoms with Crippen LogP contribution in [-0.2, 0) is 12.6 Å². The van der Waals surface area contributed by atoms with Crippen molar-refractivity contribution in [3.8, 4) is 0 Å². The molecule has 0 aromatic heterocycles. The van der Waals surface area contributed by atoms with Crippen molar-refractivity contribution in [2.75, 3.05) is 0 Å². The first kappa shape index (κ1) is 47.7. The fourth-order valence-electron chi connectivity index (χ4n) is 2.24. The Morgan fingerprint density at radius 3 is 1.02 bits per heavy atom. The molecule has 0 unspecified atom stereocenters. The van der Waals surface area contributed by atoms with E-state index in [1.54, 1.807) is 0 Å². The van der Waals surface area contributed by atoms with Gasteiger partial charge in [-0.1, -0.05) is 115 Å². The molecule has 12 heteroatoms. The maximum atomic E-state index is 5.37.